The molecular formula is C12H14FN3S. The first-order chi connectivity index (χ1) is 8.15. The van der Waals surface area contributed by atoms with E-state index in [0.29, 0.717) is 11.4 Å². The molecule has 5 heteroatoms. The summed E-state index contributed by atoms with van der Waals surface area (Å²) < 4.78 is 15.4. The second kappa shape index (κ2) is 4.89. The van der Waals surface area contributed by atoms with Gasteiger partial charge in [0.2, 0.25) is 0 Å². The molecule has 0 saturated heterocycles. The van der Waals surface area contributed by atoms with Crippen molar-refractivity contribution >= 4 is 11.8 Å². The van der Waals surface area contributed by atoms with Crippen molar-refractivity contribution in [3.63, 3.8) is 0 Å². The largest absolute Gasteiger partial charge is 0.326 e. The molecule has 0 amide bonds. The number of aromatic nitrogens is 2. The van der Waals surface area contributed by atoms with Gasteiger partial charge >= 0.3 is 0 Å². The van der Waals surface area contributed by atoms with Crippen molar-refractivity contribution in [2.24, 2.45) is 12.8 Å². The van der Waals surface area contributed by atoms with Crippen LogP contribution in [0.5, 0.6) is 0 Å². The summed E-state index contributed by atoms with van der Waals surface area (Å²) in [6, 6.07) is 5.15. The third kappa shape index (κ3) is 2.35. The van der Waals surface area contributed by atoms with Gasteiger partial charge < -0.3 is 5.73 Å². The molecule has 3 nitrogen and oxygen atoms in total. The lowest BCUT2D eigenvalue weighted by atomic mass is 10.1. The first-order valence-electron chi connectivity index (χ1n) is 5.22. The van der Waals surface area contributed by atoms with E-state index >= 15 is 0 Å². The van der Waals surface area contributed by atoms with Gasteiger partial charge in [-0.15, -0.1) is 11.8 Å². The van der Waals surface area contributed by atoms with Crippen LogP contribution in [0.3, 0.4) is 0 Å². The van der Waals surface area contributed by atoms with Crippen LogP contribution in [0.4, 0.5) is 4.39 Å². The minimum atomic E-state index is -0.219. The van der Waals surface area contributed by atoms with Crippen molar-refractivity contribution in [2.45, 2.75) is 11.4 Å². The first kappa shape index (κ1) is 12.1. The maximum atomic E-state index is 13.7. The lowest BCUT2D eigenvalue weighted by Gasteiger charge is -2.03. The number of rotatable bonds is 3. The van der Waals surface area contributed by atoms with E-state index in [1.807, 2.05) is 25.6 Å². The predicted molar refractivity (Wildman–Crippen MR) is 68.3 cm³/mol. The second-order valence-corrected chi connectivity index (χ2v) is 4.58. The number of thioether (sulfide) groups is 1. The fourth-order valence-electron chi connectivity index (χ4n) is 1.74. The third-order valence-electron chi connectivity index (χ3n) is 2.55. The highest BCUT2D eigenvalue weighted by Gasteiger charge is 2.11. The summed E-state index contributed by atoms with van der Waals surface area (Å²) in [6.07, 6.45) is 3.71. The molecule has 1 heterocycles. The Kier molecular flexibility index (Phi) is 3.49. The molecule has 0 fully saturated rings. The summed E-state index contributed by atoms with van der Waals surface area (Å²) in [5, 5.41) is 4.31. The molecule has 2 aromatic rings. The van der Waals surface area contributed by atoms with E-state index in [0.717, 1.165) is 16.8 Å². The number of hydrogen-bond acceptors (Lipinski definition) is 3. The van der Waals surface area contributed by atoms with Crippen LogP contribution < -0.4 is 5.73 Å². The van der Waals surface area contributed by atoms with Crippen LogP contribution >= 0.6 is 11.8 Å². The monoisotopic (exact) mass is 251 g/mol. The fourth-order valence-corrected chi connectivity index (χ4v) is 2.20. The van der Waals surface area contributed by atoms with Gasteiger partial charge in [-0.3, -0.25) is 4.68 Å². The molecule has 17 heavy (non-hydrogen) atoms. The van der Waals surface area contributed by atoms with E-state index in [4.69, 9.17) is 5.73 Å². The van der Waals surface area contributed by atoms with Gasteiger partial charge in [-0.1, -0.05) is 6.07 Å². The summed E-state index contributed by atoms with van der Waals surface area (Å²) in [7, 11) is 1.83. The zero-order chi connectivity index (χ0) is 12.4. The van der Waals surface area contributed by atoms with Crippen molar-refractivity contribution < 1.29 is 4.39 Å². The van der Waals surface area contributed by atoms with E-state index in [1.165, 1.54) is 17.8 Å². The molecule has 0 aliphatic carbocycles. The Bertz CT molecular complexity index is 537. The van der Waals surface area contributed by atoms with Crippen LogP contribution in [0, 0.1) is 5.82 Å². The number of hydrogen-bond donors (Lipinski definition) is 1. The highest BCUT2D eigenvalue weighted by molar-refractivity contribution is 7.98. The Morgan fingerprint density at radius 2 is 2.24 bits per heavy atom. The number of halogens is 1. The highest BCUT2D eigenvalue weighted by atomic mass is 32.2. The van der Waals surface area contributed by atoms with Crippen LogP contribution in [-0.4, -0.2) is 16.0 Å². The Hall–Kier alpha value is -1.33. The van der Waals surface area contributed by atoms with E-state index in [9.17, 15) is 4.39 Å². The van der Waals surface area contributed by atoms with Crippen LogP contribution in [0.15, 0.2) is 29.3 Å². The SMILES string of the molecule is CSc1ccc(-c2nn(C)cc2CN)cc1F. The molecule has 0 bridgehead atoms. The maximum absolute atomic E-state index is 13.7. The average Bonchev–Trinajstić information content (AvgIpc) is 2.70. The van der Waals surface area contributed by atoms with Crippen LogP contribution in [0.2, 0.25) is 0 Å². The molecule has 90 valence electrons. The Morgan fingerprint density at radius 3 is 2.82 bits per heavy atom. The van der Waals surface area contributed by atoms with Gasteiger partial charge in [0, 0.05) is 35.8 Å². The quantitative estimate of drug-likeness (QED) is 0.852. The Labute approximate surface area is 104 Å². The van der Waals surface area contributed by atoms with E-state index < -0.39 is 0 Å². The van der Waals surface area contributed by atoms with Gasteiger partial charge in [0.05, 0.1) is 5.69 Å². The molecular weight excluding hydrogens is 237 g/mol. The molecule has 0 spiro atoms. The van der Waals surface area contributed by atoms with Gasteiger partial charge in [0.1, 0.15) is 5.82 Å². The zero-order valence-electron chi connectivity index (χ0n) is 9.77. The van der Waals surface area contributed by atoms with E-state index in [2.05, 4.69) is 5.10 Å². The summed E-state index contributed by atoms with van der Waals surface area (Å²) in [5.41, 5.74) is 8.08. The number of benzene rings is 1. The molecule has 0 aliphatic heterocycles. The minimum absolute atomic E-state index is 0.219. The van der Waals surface area contributed by atoms with Gasteiger partial charge in [0.15, 0.2) is 0 Å². The van der Waals surface area contributed by atoms with E-state index in [-0.39, 0.29) is 5.82 Å². The lowest BCUT2D eigenvalue weighted by molar-refractivity contribution is 0.602. The molecule has 2 rings (SSSR count). The van der Waals surface area contributed by atoms with Gasteiger partial charge in [0.25, 0.3) is 0 Å². The summed E-state index contributed by atoms with van der Waals surface area (Å²) in [5.74, 6) is -0.219. The minimum Gasteiger partial charge on any atom is -0.326 e. The fraction of sp³-hybridized carbons (Fsp3) is 0.250. The molecule has 0 radical (unpaired) electrons. The smallest absolute Gasteiger partial charge is 0.137 e. The predicted octanol–water partition coefficient (Wildman–Crippen LogP) is 2.41. The highest BCUT2D eigenvalue weighted by Crippen LogP contribution is 2.27. The van der Waals surface area contributed by atoms with Gasteiger partial charge in [-0.2, -0.15) is 5.10 Å². The van der Waals surface area contributed by atoms with Gasteiger partial charge in [-0.25, -0.2) is 4.39 Å². The first-order valence-corrected chi connectivity index (χ1v) is 6.44. The number of nitrogens with zero attached hydrogens (tertiary/aromatic N) is 2. The summed E-state index contributed by atoms with van der Waals surface area (Å²) in [6.45, 7) is 0.398. The normalized spacial score (nSPS) is 10.8. The number of nitrogens with two attached hydrogens (primary N) is 1. The van der Waals surface area contributed by atoms with E-state index in [1.54, 1.807) is 10.7 Å². The molecule has 0 saturated carbocycles. The second-order valence-electron chi connectivity index (χ2n) is 3.73. The average molecular weight is 251 g/mol. The van der Waals surface area contributed by atoms with Crippen molar-refractivity contribution in [3.8, 4) is 11.3 Å². The summed E-state index contributed by atoms with van der Waals surface area (Å²) in [4.78, 5) is 0.638. The van der Waals surface area contributed by atoms with Gasteiger partial charge in [-0.05, 0) is 18.4 Å². The van der Waals surface area contributed by atoms with Crippen LogP contribution in [-0.2, 0) is 13.6 Å². The van der Waals surface area contributed by atoms with Crippen LogP contribution in [0.1, 0.15) is 5.56 Å². The third-order valence-corrected chi connectivity index (χ3v) is 3.32. The molecule has 1 aromatic carbocycles. The maximum Gasteiger partial charge on any atom is 0.137 e. The van der Waals surface area contributed by atoms with Crippen molar-refractivity contribution in [1.82, 2.24) is 9.78 Å². The molecule has 0 unspecified atom stereocenters. The molecule has 0 atom stereocenters. The molecule has 0 aliphatic rings. The Morgan fingerprint density at radius 1 is 1.47 bits per heavy atom. The summed E-state index contributed by atoms with van der Waals surface area (Å²) >= 11 is 1.39. The standard InChI is InChI=1S/C12H14FN3S/c1-16-7-9(6-14)12(15-16)8-3-4-11(17-2)10(13)5-8/h3-5,7H,6,14H2,1-2H3. The number of aryl methyl sites for hydroxylation is 1. The lowest BCUT2D eigenvalue weighted by Crippen LogP contribution is -1.97. The van der Waals surface area contributed by atoms with Crippen molar-refractivity contribution in [1.29, 1.82) is 0 Å². The van der Waals surface area contributed by atoms with Crippen molar-refractivity contribution in [2.75, 3.05) is 6.26 Å². The topological polar surface area (TPSA) is 43.8 Å². The van der Waals surface area contributed by atoms with Crippen molar-refractivity contribution in [3.05, 3.63) is 35.8 Å². The van der Waals surface area contributed by atoms with Crippen LogP contribution in [0.25, 0.3) is 11.3 Å². The molecule has 1 aromatic heterocycles. The Balaban J connectivity index is 2.49. The molecule has 2 N–H and O–H groups in total. The zero-order valence-corrected chi connectivity index (χ0v) is 10.6.